The van der Waals surface area contributed by atoms with Gasteiger partial charge in [-0.2, -0.15) is 20.2 Å². The van der Waals surface area contributed by atoms with Crippen LogP contribution < -0.4 is 0 Å². The molecular formula is C26H46O6S2. The van der Waals surface area contributed by atoms with Crippen LogP contribution in [0.3, 0.4) is 0 Å². The van der Waals surface area contributed by atoms with Crippen LogP contribution in [0.5, 0.6) is 0 Å². The zero-order chi connectivity index (χ0) is 24.9. The molecule has 0 saturated heterocycles. The molecule has 34 heavy (non-hydrogen) atoms. The van der Waals surface area contributed by atoms with Gasteiger partial charge in [0.1, 0.15) is 0 Å². The van der Waals surface area contributed by atoms with Crippen molar-refractivity contribution >= 4 is 21.9 Å². The Hall–Kier alpha value is 0.140. The van der Waals surface area contributed by atoms with Crippen LogP contribution in [-0.4, -0.2) is 63.9 Å². The Kier molecular flexibility index (Phi) is 8.10. The molecule has 11 atom stereocenters. The van der Waals surface area contributed by atoms with E-state index in [0.717, 1.165) is 44.3 Å². The van der Waals surface area contributed by atoms with Crippen molar-refractivity contribution in [2.75, 3.05) is 17.3 Å². The van der Waals surface area contributed by atoms with Crippen LogP contribution in [0, 0.1) is 46.3 Å². The molecular weight excluding hydrogens is 472 g/mol. The van der Waals surface area contributed by atoms with E-state index in [0.29, 0.717) is 35.8 Å². The molecule has 5 unspecified atom stereocenters. The second-order valence-electron chi connectivity index (χ2n) is 12.6. The van der Waals surface area contributed by atoms with Gasteiger partial charge in [-0.15, -0.1) is 0 Å². The third kappa shape index (κ3) is 4.98. The molecule has 4 rings (SSSR count). The van der Waals surface area contributed by atoms with Gasteiger partial charge in [-0.25, -0.2) is 0 Å². The third-order valence-electron chi connectivity index (χ3n) is 10.9. The highest BCUT2D eigenvalue weighted by Gasteiger charge is 2.65. The number of rotatable bonds is 8. The van der Waals surface area contributed by atoms with Crippen LogP contribution in [0.1, 0.15) is 78.6 Å². The summed E-state index contributed by atoms with van der Waals surface area (Å²) in [4.78, 5) is 0. The maximum absolute atomic E-state index is 11.4. The van der Waals surface area contributed by atoms with Gasteiger partial charge < -0.3 is 15.3 Å². The third-order valence-corrected chi connectivity index (χ3v) is 13.0. The van der Waals surface area contributed by atoms with Crippen molar-refractivity contribution in [3.05, 3.63) is 0 Å². The molecule has 4 fully saturated rings. The first-order chi connectivity index (χ1) is 15.9. The minimum atomic E-state index is -3.87. The molecule has 6 nitrogen and oxygen atoms in total. The summed E-state index contributed by atoms with van der Waals surface area (Å²) in [7, 11) is -3.87. The summed E-state index contributed by atoms with van der Waals surface area (Å²) >= 11 is 1.59. The van der Waals surface area contributed by atoms with Gasteiger partial charge >= 0.3 is 0 Å². The Morgan fingerprint density at radius 3 is 2.29 bits per heavy atom. The van der Waals surface area contributed by atoms with Crippen LogP contribution in [0.15, 0.2) is 0 Å². The van der Waals surface area contributed by atoms with Gasteiger partial charge in [-0.05, 0) is 110 Å². The van der Waals surface area contributed by atoms with Crippen molar-refractivity contribution in [3.63, 3.8) is 0 Å². The molecule has 198 valence electrons. The number of hydrogen-bond acceptors (Lipinski definition) is 6. The monoisotopic (exact) mass is 518 g/mol. The second kappa shape index (κ2) is 10.1. The predicted octanol–water partition coefficient (Wildman–Crippen LogP) is 3.99. The van der Waals surface area contributed by atoms with Crippen molar-refractivity contribution in [3.8, 4) is 0 Å². The van der Waals surface area contributed by atoms with Gasteiger partial charge in [0.05, 0.1) is 24.1 Å². The fourth-order valence-electron chi connectivity index (χ4n) is 9.19. The fraction of sp³-hybridized carbons (Fsp3) is 1.00. The van der Waals surface area contributed by atoms with Crippen molar-refractivity contribution < 1.29 is 28.3 Å². The standard InChI is InChI=1S/C26H46O6S2/c1-16(5-4-12-33-13-14-34(30,31)32)18-6-7-19-22-20(9-11-25(18,19)2)26(3)10-8-17(27)15-21(26)23(28)24(22)29/h16-24,27-29H,4-15H2,1-3H3,(H,30,31,32)/t16?,17-,18?,19?,20?,21+,22?,23+,24-,25-,26-/m1/s1. The number of fused-ring (bicyclic) bond motifs is 5. The Labute approximate surface area is 210 Å². The molecule has 0 bridgehead atoms. The highest BCUT2D eigenvalue weighted by Crippen LogP contribution is 2.68. The van der Waals surface area contributed by atoms with E-state index in [-0.39, 0.29) is 34.5 Å². The van der Waals surface area contributed by atoms with Crippen molar-refractivity contribution in [1.29, 1.82) is 0 Å². The molecule has 0 aromatic carbocycles. The predicted molar refractivity (Wildman–Crippen MR) is 136 cm³/mol. The number of aliphatic hydroxyl groups excluding tert-OH is 3. The average molecular weight is 519 g/mol. The first kappa shape index (κ1) is 27.2. The maximum atomic E-state index is 11.4. The summed E-state index contributed by atoms with van der Waals surface area (Å²) < 4.78 is 30.6. The molecule has 4 saturated carbocycles. The fourth-order valence-corrected chi connectivity index (χ4v) is 11.1. The highest BCUT2D eigenvalue weighted by molar-refractivity contribution is 8.00. The molecule has 0 aliphatic heterocycles. The molecule has 0 radical (unpaired) electrons. The van der Waals surface area contributed by atoms with Gasteiger partial charge in [0, 0.05) is 5.75 Å². The summed E-state index contributed by atoms with van der Waals surface area (Å²) in [5, 5.41) is 32.9. The average Bonchev–Trinajstić information content (AvgIpc) is 3.11. The highest BCUT2D eigenvalue weighted by atomic mass is 32.2. The van der Waals surface area contributed by atoms with E-state index >= 15 is 0 Å². The van der Waals surface area contributed by atoms with Gasteiger partial charge in [-0.1, -0.05) is 20.8 Å². The van der Waals surface area contributed by atoms with E-state index in [4.69, 9.17) is 4.55 Å². The van der Waals surface area contributed by atoms with Crippen LogP contribution in [0.4, 0.5) is 0 Å². The van der Waals surface area contributed by atoms with E-state index in [1.807, 2.05) is 0 Å². The first-order valence-electron chi connectivity index (χ1n) is 13.5. The maximum Gasteiger partial charge on any atom is 0.265 e. The molecule has 4 aliphatic rings. The summed E-state index contributed by atoms with van der Waals surface area (Å²) in [6, 6.07) is 0. The summed E-state index contributed by atoms with van der Waals surface area (Å²) in [5.74, 6) is 3.38. The van der Waals surface area contributed by atoms with Gasteiger partial charge in [0.2, 0.25) is 0 Å². The molecule has 4 N–H and O–H groups in total. The Morgan fingerprint density at radius 2 is 1.59 bits per heavy atom. The lowest BCUT2D eigenvalue weighted by Gasteiger charge is -2.63. The van der Waals surface area contributed by atoms with Crippen molar-refractivity contribution in [1.82, 2.24) is 0 Å². The lowest BCUT2D eigenvalue weighted by atomic mass is 9.43. The molecule has 0 aromatic heterocycles. The molecule has 0 spiro atoms. The summed E-state index contributed by atoms with van der Waals surface area (Å²) in [6.07, 6.45) is 7.36. The Morgan fingerprint density at radius 1 is 0.912 bits per heavy atom. The van der Waals surface area contributed by atoms with Crippen LogP contribution >= 0.6 is 11.8 Å². The van der Waals surface area contributed by atoms with E-state index in [1.165, 1.54) is 12.8 Å². The number of hydrogen-bond donors (Lipinski definition) is 4. The Bertz CT molecular complexity index is 820. The topological polar surface area (TPSA) is 115 Å². The molecule has 4 aliphatic carbocycles. The van der Waals surface area contributed by atoms with E-state index in [1.54, 1.807) is 11.8 Å². The molecule has 0 heterocycles. The van der Waals surface area contributed by atoms with E-state index in [2.05, 4.69) is 20.8 Å². The van der Waals surface area contributed by atoms with Gasteiger partial charge in [0.25, 0.3) is 10.1 Å². The van der Waals surface area contributed by atoms with E-state index in [9.17, 15) is 23.7 Å². The first-order valence-corrected chi connectivity index (χ1v) is 16.2. The summed E-state index contributed by atoms with van der Waals surface area (Å²) in [5.41, 5.74) is 0.198. The minimum absolute atomic E-state index is 0.00679. The normalized spacial score (nSPS) is 47.5. The lowest BCUT2D eigenvalue weighted by molar-refractivity contribution is -0.223. The van der Waals surface area contributed by atoms with E-state index < -0.39 is 22.3 Å². The van der Waals surface area contributed by atoms with Gasteiger partial charge in [-0.3, -0.25) is 4.55 Å². The largest absolute Gasteiger partial charge is 0.393 e. The Balaban J connectivity index is 1.40. The zero-order valence-electron chi connectivity index (χ0n) is 21.1. The van der Waals surface area contributed by atoms with Crippen LogP contribution in [-0.2, 0) is 10.1 Å². The smallest absolute Gasteiger partial charge is 0.265 e. The van der Waals surface area contributed by atoms with Crippen molar-refractivity contribution in [2.45, 2.75) is 96.9 Å². The van der Waals surface area contributed by atoms with Gasteiger partial charge in [0.15, 0.2) is 0 Å². The SMILES string of the molecule is CC(CCCSCCS(=O)(=O)O)C1CCC2C3C(CC[C@]12C)[C@@]1(C)CC[C@@H](O)C[C@H]1[C@H](O)[C@@H]3O. The quantitative estimate of drug-likeness (QED) is 0.284. The van der Waals surface area contributed by atoms with Crippen LogP contribution in [0.25, 0.3) is 0 Å². The van der Waals surface area contributed by atoms with Crippen molar-refractivity contribution in [2.24, 2.45) is 46.3 Å². The number of thioether (sulfide) groups is 1. The molecule has 8 heteroatoms. The molecule has 0 amide bonds. The van der Waals surface area contributed by atoms with Crippen LogP contribution in [0.2, 0.25) is 0 Å². The molecule has 0 aromatic rings. The summed E-state index contributed by atoms with van der Waals surface area (Å²) in [6.45, 7) is 7.13. The second-order valence-corrected chi connectivity index (χ2v) is 15.4. The minimum Gasteiger partial charge on any atom is -0.393 e. The lowest BCUT2D eigenvalue weighted by Crippen LogP contribution is -2.64. The number of aliphatic hydroxyl groups is 3. The zero-order valence-corrected chi connectivity index (χ0v) is 22.7.